The second-order valence-electron chi connectivity index (χ2n) is 6.99. The van der Waals surface area contributed by atoms with Gasteiger partial charge in [-0.3, -0.25) is 4.79 Å². The molecule has 1 saturated heterocycles. The summed E-state index contributed by atoms with van der Waals surface area (Å²) in [6.45, 7) is 7.60. The third kappa shape index (κ3) is 4.53. The lowest BCUT2D eigenvalue weighted by Gasteiger charge is -2.18. The van der Waals surface area contributed by atoms with E-state index in [2.05, 4.69) is 34.1 Å². The van der Waals surface area contributed by atoms with Crippen LogP contribution in [0.2, 0.25) is 0 Å². The summed E-state index contributed by atoms with van der Waals surface area (Å²) < 4.78 is 0. The number of hydrogen-bond acceptors (Lipinski definition) is 5. The molecule has 0 spiro atoms. The average molecular weight is 339 g/mol. The highest BCUT2D eigenvalue weighted by Gasteiger charge is 2.28. The van der Waals surface area contributed by atoms with Crippen LogP contribution in [-0.4, -0.2) is 38.8 Å². The summed E-state index contributed by atoms with van der Waals surface area (Å²) in [6.07, 6.45) is 3.30. The van der Waals surface area contributed by atoms with Crippen molar-refractivity contribution in [2.75, 3.05) is 18.4 Å². The molecule has 6 nitrogen and oxygen atoms in total. The highest BCUT2D eigenvalue weighted by atomic mass is 16.2. The van der Waals surface area contributed by atoms with Crippen LogP contribution in [0, 0.1) is 12.8 Å². The maximum absolute atomic E-state index is 12.3. The number of nitrogens with zero attached hydrogens (tertiary/aromatic N) is 4. The van der Waals surface area contributed by atoms with Crippen LogP contribution in [0.3, 0.4) is 0 Å². The van der Waals surface area contributed by atoms with E-state index in [1.807, 2.05) is 36.1 Å². The smallest absolute Gasteiger partial charge is 0.222 e. The number of nitrogens with one attached hydrogen (secondary N) is 1. The Hall–Kier alpha value is -2.50. The van der Waals surface area contributed by atoms with Gasteiger partial charge in [-0.25, -0.2) is 15.0 Å². The molecule has 0 aliphatic carbocycles. The molecule has 1 amide bonds. The molecule has 0 saturated carbocycles. The predicted molar refractivity (Wildman–Crippen MR) is 97.7 cm³/mol. The quantitative estimate of drug-likeness (QED) is 0.905. The van der Waals surface area contributed by atoms with Crippen LogP contribution < -0.4 is 5.32 Å². The number of likely N-dealkylation sites (tertiary alicyclic amines) is 1. The summed E-state index contributed by atoms with van der Waals surface area (Å²) >= 11 is 0. The van der Waals surface area contributed by atoms with Crippen molar-refractivity contribution in [1.82, 2.24) is 19.9 Å². The minimum absolute atomic E-state index is 0.245. The fourth-order valence-electron chi connectivity index (χ4n) is 3.14. The number of carbonyl (C=O) groups is 1. The Balaban J connectivity index is 1.71. The van der Waals surface area contributed by atoms with Crippen molar-refractivity contribution in [2.24, 2.45) is 5.92 Å². The molecular weight excluding hydrogens is 314 g/mol. The van der Waals surface area contributed by atoms with E-state index in [1.165, 1.54) is 0 Å². The standard InChI is InChI=1S/C19H25N5O/c1-13(2)10-19(25)24-9-7-15(12-24)16-11-18(22-14(3)21-16)23-17-6-4-5-8-20-17/h4-6,8,11,13,15H,7,9-10,12H2,1-3H3,(H,20,21,22,23)/t15-/m0/s1. The van der Waals surface area contributed by atoms with Gasteiger partial charge in [-0.15, -0.1) is 0 Å². The molecule has 1 fully saturated rings. The second kappa shape index (κ2) is 7.59. The van der Waals surface area contributed by atoms with Crippen molar-refractivity contribution >= 4 is 17.5 Å². The molecule has 2 aromatic rings. The van der Waals surface area contributed by atoms with E-state index < -0.39 is 0 Å². The van der Waals surface area contributed by atoms with Crippen LogP contribution in [0.1, 0.15) is 44.1 Å². The topological polar surface area (TPSA) is 71.0 Å². The Morgan fingerprint density at radius 2 is 2.16 bits per heavy atom. The summed E-state index contributed by atoms with van der Waals surface area (Å²) in [7, 11) is 0. The van der Waals surface area contributed by atoms with Gasteiger partial charge in [0, 0.05) is 37.7 Å². The third-order valence-corrected chi connectivity index (χ3v) is 4.32. The fraction of sp³-hybridized carbons (Fsp3) is 0.474. The lowest BCUT2D eigenvalue weighted by molar-refractivity contribution is -0.130. The molecule has 1 N–H and O–H groups in total. The number of anilines is 2. The maximum Gasteiger partial charge on any atom is 0.222 e. The first-order valence-corrected chi connectivity index (χ1v) is 8.82. The molecule has 3 rings (SSSR count). The highest BCUT2D eigenvalue weighted by molar-refractivity contribution is 5.76. The normalized spacial score (nSPS) is 17.1. The Morgan fingerprint density at radius 1 is 1.32 bits per heavy atom. The van der Waals surface area contributed by atoms with Gasteiger partial charge < -0.3 is 10.2 Å². The van der Waals surface area contributed by atoms with Gasteiger partial charge >= 0.3 is 0 Å². The van der Waals surface area contributed by atoms with Gasteiger partial charge in [-0.1, -0.05) is 19.9 Å². The summed E-state index contributed by atoms with van der Waals surface area (Å²) in [5, 5.41) is 3.23. The maximum atomic E-state index is 12.3. The van der Waals surface area contributed by atoms with E-state index in [4.69, 9.17) is 0 Å². The molecule has 25 heavy (non-hydrogen) atoms. The van der Waals surface area contributed by atoms with E-state index >= 15 is 0 Å². The number of pyridine rings is 1. The van der Waals surface area contributed by atoms with E-state index in [1.54, 1.807) is 6.20 Å². The summed E-state index contributed by atoms with van der Waals surface area (Å²) in [6, 6.07) is 7.68. The number of aryl methyl sites for hydroxylation is 1. The average Bonchev–Trinajstić information content (AvgIpc) is 3.05. The van der Waals surface area contributed by atoms with Crippen molar-refractivity contribution in [3.05, 3.63) is 42.0 Å². The first-order valence-electron chi connectivity index (χ1n) is 8.82. The Bertz CT molecular complexity index is 732. The molecular formula is C19H25N5O. The Kier molecular flexibility index (Phi) is 5.26. The molecule has 6 heteroatoms. The third-order valence-electron chi connectivity index (χ3n) is 4.32. The van der Waals surface area contributed by atoms with Crippen LogP contribution in [-0.2, 0) is 4.79 Å². The van der Waals surface area contributed by atoms with Crippen molar-refractivity contribution in [1.29, 1.82) is 0 Å². The van der Waals surface area contributed by atoms with Gasteiger partial charge in [0.25, 0.3) is 0 Å². The van der Waals surface area contributed by atoms with Crippen LogP contribution in [0.25, 0.3) is 0 Å². The minimum atomic E-state index is 0.245. The molecule has 3 heterocycles. The van der Waals surface area contributed by atoms with E-state index in [9.17, 15) is 4.79 Å². The highest BCUT2D eigenvalue weighted by Crippen LogP contribution is 2.28. The van der Waals surface area contributed by atoms with E-state index in [0.717, 1.165) is 42.7 Å². The first kappa shape index (κ1) is 17.3. The lowest BCUT2D eigenvalue weighted by Crippen LogP contribution is -2.29. The molecule has 0 aromatic carbocycles. The van der Waals surface area contributed by atoms with Crippen LogP contribution >= 0.6 is 0 Å². The number of carbonyl (C=O) groups excluding carboxylic acids is 1. The number of hydrogen-bond donors (Lipinski definition) is 1. The minimum Gasteiger partial charge on any atom is -0.342 e. The largest absolute Gasteiger partial charge is 0.342 e. The first-order chi connectivity index (χ1) is 12.0. The number of aromatic nitrogens is 3. The SMILES string of the molecule is Cc1nc(Nc2ccccn2)cc([C@H]2CCN(C(=O)CC(C)C)C2)n1. The Labute approximate surface area is 148 Å². The van der Waals surface area contributed by atoms with Crippen molar-refractivity contribution in [3.63, 3.8) is 0 Å². The van der Waals surface area contributed by atoms with Crippen LogP contribution in [0.4, 0.5) is 11.6 Å². The van der Waals surface area contributed by atoms with E-state index in [0.29, 0.717) is 12.3 Å². The van der Waals surface area contributed by atoms with Gasteiger partial charge in [-0.05, 0) is 31.4 Å². The molecule has 1 aliphatic rings. The zero-order valence-corrected chi connectivity index (χ0v) is 15.1. The molecule has 0 bridgehead atoms. The molecule has 0 radical (unpaired) electrons. The monoisotopic (exact) mass is 339 g/mol. The van der Waals surface area contributed by atoms with Gasteiger partial charge in [0.15, 0.2) is 0 Å². The second-order valence-corrected chi connectivity index (χ2v) is 6.99. The van der Waals surface area contributed by atoms with E-state index in [-0.39, 0.29) is 11.8 Å². The molecule has 132 valence electrons. The zero-order chi connectivity index (χ0) is 17.8. The predicted octanol–water partition coefficient (Wildman–Crippen LogP) is 3.29. The molecule has 0 unspecified atom stereocenters. The van der Waals surface area contributed by atoms with Crippen molar-refractivity contribution in [3.8, 4) is 0 Å². The van der Waals surface area contributed by atoms with Gasteiger partial charge in [0.05, 0.1) is 5.69 Å². The molecule has 1 aliphatic heterocycles. The molecule has 1 atom stereocenters. The summed E-state index contributed by atoms with van der Waals surface area (Å²) in [5.74, 6) is 3.13. The van der Waals surface area contributed by atoms with Crippen molar-refractivity contribution in [2.45, 2.75) is 39.5 Å². The van der Waals surface area contributed by atoms with Crippen LogP contribution in [0.5, 0.6) is 0 Å². The fourth-order valence-corrected chi connectivity index (χ4v) is 3.14. The lowest BCUT2D eigenvalue weighted by atomic mass is 10.0. The zero-order valence-electron chi connectivity index (χ0n) is 15.1. The number of rotatable bonds is 5. The van der Waals surface area contributed by atoms with Gasteiger partial charge in [0.2, 0.25) is 5.91 Å². The van der Waals surface area contributed by atoms with Crippen molar-refractivity contribution < 1.29 is 4.79 Å². The van der Waals surface area contributed by atoms with Crippen LogP contribution in [0.15, 0.2) is 30.5 Å². The number of amides is 1. The summed E-state index contributed by atoms with van der Waals surface area (Å²) in [4.78, 5) is 27.6. The van der Waals surface area contributed by atoms with Gasteiger partial charge in [0.1, 0.15) is 17.5 Å². The Morgan fingerprint density at radius 3 is 2.88 bits per heavy atom. The molecule has 2 aromatic heterocycles. The summed E-state index contributed by atoms with van der Waals surface area (Å²) in [5.41, 5.74) is 0.991. The van der Waals surface area contributed by atoms with Gasteiger partial charge in [-0.2, -0.15) is 0 Å².